The highest BCUT2D eigenvalue weighted by Gasteiger charge is 2.23. The Balaban J connectivity index is 1.13. The number of piperazine rings is 1. The number of methoxy groups -OCH3 is 1. The van der Waals surface area contributed by atoms with Crippen molar-refractivity contribution in [3.05, 3.63) is 59.1 Å². The van der Waals surface area contributed by atoms with Gasteiger partial charge < -0.3 is 24.0 Å². The van der Waals surface area contributed by atoms with E-state index in [1.807, 2.05) is 29.2 Å². The zero-order chi connectivity index (χ0) is 23.5. The molecule has 0 saturated carbocycles. The lowest BCUT2D eigenvalue weighted by Crippen LogP contribution is -2.49. The van der Waals surface area contributed by atoms with Crippen LogP contribution in [0.5, 0.6) is 17.2 Å². The third-order valence-electron chi connectivity index (χ3n) is 5.81. The number of ether oxygens (including phenoxy) is 3. The molecular formula is C24H24N4O5S. The maximum Gasteiger partial charge on any atom is 0.257 e. The monoisotopic (exact) mass is 480 g/mol. The number of hydrogen-bond acceptors (Lipinski definition) is 8. The minimum atomic E-state index is -0.291. The van der Waals surface area contributed by atoms with Crippen molar-refractivity contribution in [2.75, 3.05) is 50.3 Å². The van der Waals surface area contributed by atoms with Gasteiger partial charge in [-0.05, 0) is 42.5 Å². The van der Waals surface area contributed by atoms with Crippen molar-refractivity contribution in [2.45, 2.75) is 6.42 Å². The SMILES string of the molecule is COc1ccc(N2CCN(C(=O)Cc3csc(NC(=O)c4ccc5c(c4)OCO5)n3)CC2)cc1. The molecular weight excluding hydrogens is 456 g/mol. The number of nitrogens with one attached hydrogen (secondary N) is 1. The highest BCUT2D eigenvalue weighted by Crippen LogP contribution is 2.32. The number of nitrogens with zero attached hydrogens (tertiary/aromatic N) is 3. The molecule has 10 heteroatoms. The number of benzene rings is 2. The van der Waals surface area contributed by atoms with Crippen molar-refractivity contribution in [2.24, 2.45) is 0 Å². The van der Waals surface area contributed by atoms with Crippen LogP contribution >= 0.6 is 11.3 Å². The van der Waals surface area contributed by atoms with E-state index in [1.54, 1.807) is 30.7 Å². The molecule has 3 heterocycles. The summed E-state index contributed by atoms with van der Waals surface area (Å²) >= 11 is 1.30. The largest absolute Gasteiger partial charge is 0.497 e. The molecule has 0 radical (unpaired) electrons. The molecule has 9 nitrogen and oxygen atoms in total. The number of fused-ring (bicyclic) bond motifs is 1. The van der Waals surface area contributed by atoms with E-state index in [0.29, 0.717) is 41.0 Å². The van der Waals surface area contributed by atoms with Crippen LogP contribution in [0.1, 0.15) is 16.1 Å². The molecule has 0 spiro atoms. The average molecular weight is 481 g/mol. The Bertz CT molecular complexity index is 1190. The van der Waals surface area contributed by atoms with Crippen LogP contribution in [0.3, 0.4) is 0 Å². The molecule has 5 rings (SSSR count). The first kappa shape index (κ1) is 22.0. The Morgan fingerprint density at radius 3 is 2.59 bits per heavy atom. The van der Waals surface area contributed by atoms with Crippen molar-refractivity contribution in [1.29, 1.82) is 0 Å². The van der Waals surface area contributed by atoms with E-state index in [9.17, 15) is 9.59 Å². The van der Waals surface area contributed by atoms with Gasteiger partial charge in [-0.25, -0.2) is 4.98 Å². The van der Waals surface area contributed by atoms with Gasteiger partial charge in [0.1, 0.15) is 5.75 Å². The van der Waals surface area contributed by atoms with Crippen LogP contribution < -0.4 is 24.4 Å². The summed E-state index contributed by atoms with van der Waals surface area (Å²) in [5.41, 5.74) is 2.22. The number of anilines is 2. The first-order chi connectivity index (χ1) is 16.6. The average Bonchev–Trinajstić information content (AvgIpc) is 3.53. The maximum atomic E-state index is 12.8. The Kier molecular flexibility index (Phi) is 6.22. The third kappa shape index (κ3) is 4.76. The number of carbonyl (C=O) groups is 2. The summed E-state index contributed by atoms with van der Waals surface area (Å²) in [6.07, 6.45) is 0.207. The van der Waals surface area contributed by atoms with Gasteiger partial charge in [0.2, 0.25) is 12.7 Å². The maximum absolute atomic E-state index is 12.8. The summed E-state index contributed by atoms with van der Waals surface area (Å²) in [7, 11) is 1.65. The van der Waals surface area contributed by atoms with Crippen molar-refractivity contribution in [1.82, 2.24) is 9.88 Å². The van der Waals surface area contributed by atoms with E-state index in [-0.39, 0.29) is 25.0 Å². The van der Waals surface area contributed by atoms with E-state index in [1.165, 1.54) is 11.3 Å². The van der Waals surface area contributed by atoms with Crippen LogP contribution in [0, 0.1) is 0 Å². The summed E-state index contributed by atoms with van der Waals surface area (Å²) in [4.78, 5) is 33.9. The Hall–Kier alpha value is -3.79. The third-order valence-corrected chi connectivity index (χ3v) is 6.62. The van der Waals surface area contributed by atoms with Gasteiger partial charge in [0.15, 0.2) is 16.6 Å². The van der Waals surface area contributed by atoms with Crippen molar-refractivity contribution in [3.8, 4) is 17.2 Å². The number of amides is 2. The molecule has 1 N–H and O–H groups in total. The zero-order valence-corrected chi connectivity index (χ0v) is 19.5. The quantitative estimate of drug-likeness (QED) is 0.580. The highest BCUT2D eigenvalue weighted by molar-refractivity contribution is 7.14. The van der Waals surface area contributed by atoms with E-state index >= 15 is 0 Å². The number of aromatic nitrogens is 1. The fourth-order valence-corrected chi connectivity index (χ4v) is 4.63. The van der Waals surface area contributed by atoms with Crippen LogP contribution in [0.2, 0.25) is 0 Å². The predicted molar refractivity (Wildman–Crippen MR) is 128 cm³/mol. The fourth-order valence-electron chi connectivity index (χ4n) is 3.93. The van der Waals surface area contributed by atoms with Gasteiger partial charge in [-0.1, -0.05) is 0 Å². The molecule has 2 aromatic carbocycles. The summed E-state index contributed by atoms with van der Waals surface area (Å²) in [6.45, 7) is 3.00. The van der Waals surface area contributed by atoms with E-state index in [2.05, 4.69) is 15.2 Å². The van der Waals surface area contributed by atoms with Crippen molar-refractivity contribution >= 4 is 34.0 Å². The Morgan fingerprint density at radius 2 is 1.82 bits per heavy atom. The second-order valence-corrected chi connectivity index (χ2v) is 8.77. The first-order valence-corrected chi connectivity index (χ1v) is 11.8. The molecule has 0 atom stereocenters. The van der Waals surface area contributed by atoms with Gasteiger partial charge in [0.05, 0.1) is 19.2 Å². The molecule has 2 aliphatic rings. The van der Waals surface area contributed by atoms with E-state index in [4.69, 9.17) is 14.2 Å². The summed E-state index contributed by atoms with van der Waals surface area (Å²) < 4.78 is 15.8. The lowest BCUT2D eigenvalue weighted by atomic mass is 10.2. The molecule has 1 saturated heterocycles. The molecule has 0 unspecified atom stereocenters. The minimum absolute atomic E-state index is 0.0355. The first-order valence-electron chi connectivity index (χ1n) is 10.9. The lowest BCUT2D eigenvalue weighted by molar-refractivity contribution is -0.130. The molecule has 2 aliphatic heterocycles. The van der Waals surface area contributed by atoms with Gasteiger partial charge >= 0.3 is 0 Å². The Labute approximate surface area is 200 Å². The molecule has 0 bridgehead atoms. The molecule has 0 aliphatic carbocycles. The topological polar surface area (TPSA) is 93.2 Å². The van der Waals surface area contributed by atoms with Crippen LogP contribution in [0.25, 0.3) is 0 Å². The van der Waals surface area contributed by atoms with E-state index < -0.39 is 0 Å². The Morgan fingerprint density at radius 1 is 1.06 bits per heavy atom. The summed E-state index contributed by atoms with van der Waals surface area (Å²) in [6, 6.07) is 13.0. The van der Waals surface area contributed by atoms with Crippen LogP contribution in [-0.2, 0) is 11.2 Å². The molecule has 34 heavy (non-hydrogen) atoms. The number of thiazole rings is 1. The van der Waals surface area contributed by atoms with Gasteiger partial charge in [-0.3, -0.25) is 14.9 Å². The molecule has 3 aromatic rings. The smallest absolute Gasteiger partial charge is 0.257 e. The molecule has 2 amide bonds. The van der Waals surface area contributed by atoms with Gasteiger partial charge in [0.25, 0.3) is 5.91 Å². The lowest BCUT2D eigenvalue weighted by Gasteiger charge is -2.36. The summed E-state index contributed by atoms with van der Waals surface area (Å²) in [5.74, 6) is 1.74. The molecule has 1 aromatic heterocycles. The standard InChI is InChI=1S/C24H24N4O5S/c1-31-19-5-3-18(4-6-19)27-8-10-28(11-9-27)22(29)13-17-14-34-24(25-17)26-23(30)16-2-7-20-21(12-16)33-15-32-20/h2-7,12,14H,8-11,13,15H2,1H3,(H,25,26,30). The van der Waals surface area contributed by atoms with Crippen molar-refractivity contribution < 1.29 is 23.8 Å². The van der Waals surface area contributed by atoms with Gasteiger partial charge in [0, 0.05) is 42.8 Å². The highest BCUT2D eigenvalue weighted by atomic mass is 32.1. The second kappa shape index (κ2) is 9.60. The zero-order valence-electron chi connectivity index (χ0n) is 18.7. The number of rotatable bonds is 6. The normalized spacial score (nSPS) is 14.7. The predicted octanol–water partition coefficient (Wildman–Crippen LogP) is 3.02. The van der Waals surface area contributed by atoms with Gasteiger partial charge in [-0.2, -0.15) is 0 Å². The molecule has 176 valence electrons. The number of carbonyl (C=O) groups excluding carboxylic acids is 2. The van der Waals surface area contributed by atoms with Crippen molar-refractivity contribution in [3.63, 3.8) is 0 Å². The summed E-state index contributed by atoms with van der Waals surface area (Å²) in [5, 5.41) is 5.05. The fraction of sp³-hybridized carbons (Fsp3) is 0.292. The van der Waals surface area contributed by atoms with Gasteiger partial charge in [-0.15, -0.1) is 11.3 Å². The van der Waals surface area contributed by atoms with Crippen LogP contribution in [0.15, 0.2) is 47.8 Å². The second-order valence-electron chi connectivity index (χ2n) is 7.91. The van der Waals surface area contributed by atoms with Crippen LogP contribution in [-0.4, -0.2) is 61.8 Å². The minimum Gasteiger partial charge on any atom is -0.497 e. The molecule has 1 fully saturated rings. The van der Waals surface area contributed by atoms with E-state index in [0.717, 1.165) is 24.5 Å². The van der Waals surface area contributed by atoms with Crippen LogP contribution in [0.4, 0.5) is 10.8 Å². The number of hydrogen-bond donors (Lipinski definition) is 1.